The molecule has 0 fully saturated rings. The fraction of sp³-hybridized carbons (Fsp3) is 0.139. The van der Waals surface area contributed by atoms with E-state index in [2.05, 4.69) is 126 Å². The van der Waals surface area contributed by atoms with Gasteiger partial charge in [-0.1, -0.05) is 121 Å². The molecule has 0 saturated carbocycles. The minimum atomic E-state index is 0.0215. The Morgan fingerprint density at radius 1 is 0.757 bits per heavy atom. The summed E-state index contributed by atoms with van der Waals surface area (Å²) in [5, 5.41) is 2.69. The Hall–Kier alpha value is -4.23. The van der Waals surface area contributed by atoms with Crippen molar-refractivity contribution in [1.29, 1.82) is 0 Å². The van der Waals surface area contributed by atoms with Crippen LogP contribution in [0.15, 0.2) is 132 Å². The standard InChI is InChI=1S/C24H20.C12H9N/c1-2-9-19(10-3-1)24-17-7-6-11-20(24)14-15-22-21-12-5-4-8-18(21)13-16-23(22)24;1-3-7-11-9(5-1)10-6-2-4-8-12(10)13-11/h1-5,8-16H,6-7,17H2;1-7H,8H2. The van der Waals surface area contributed by atoms with Crippen molar-refractivity contribution in [2.24, 2.45) is 4.99 Å². The number of aliphatic imine (C=N–C) groups is 1. The number of fused-ring (bicyclic) bond motifs is 8. The Morgan fingerprint density at radius 3 is 2.54 bits per heavy atom. The number of nitrogens with zero attached hydrogens (tertiary/aromatic N) is 1. The molecule has 0 saturated heterocycles. The summed E-state index contributed by atoms with van der Waals surface area (Å²) >= 11 is 0. The zero-order valence-corrected chi connectivity index (χ0v) is 20.9. The normalized spacial score (nSPS) is 20.4. The van der Waals surface area contributed by atoms with Crippen molar-refractivity contribution in [3.05, 3.63) is 149 Å². The molecule has 0 radical (unpaired) electrons. The fourth-order valence-corrected chi connectivity index (χ4v) is 6.50. The first-order valence-corrected chi connectivity index (χ1v) is 13.4. The maximum atomic E-state index is 4.57. The van der Waals surface area contributed by atoms with E-state index in [-0.39, 0.29) is 5.41 Å². The Morgan fingerprint density at radius 2 is 1.59 bits per heavy atom. The molecule has 1 nitrogen and oxygen atoms in total. The van der Waals surface area contributed by atoms with Gasteiger partial charge in [-0.05, 0) is 58.4 Å². The van der Waals surface area contributed by atoms with E-state index < -0.39 is 0 Å². The van der Waals surface area contributed by atoms with Gasteiger partial charge in [-0.2, -0.15) is 0 Å². The molecule has 8 rings (SSSR count). The molecule has 0 aromatic heterocycles. The van der Waals surface area contributed by atoms with Gasteiger partial charge in [-0.3, -0.25) is 4.99 Å². The van der Waals surface area contributed by atoms with E-state index in [1.54, 1.807) is 0 Å². The van der Waals surface area contributed by atoms with Gasteiger partial charge in [0.1, 0.15) is 0 Å². The first-order valence-electron chi connectivity index (χ1n) is 13.4. The van der Waals surface area contributed by atoms with Crippen molar-refractivity contribution in [2.45, 2.75) is 31.1 Å². The van der Waals surface area contributed by atoms with Crippen LogP contribution in [0.25, 0.3) is 22.4 Å². The van der Waals surface area contributed by atoms with Gasteiger partial charge < -0.3 is 0 Å². The molecule has 178 valence electrons. The third-order valence-electron chi connectivity index (χ3n) is 8.21. The second-order valence-corrected chi connectivity index (χ2v) is 10.2. The van der Waals surface area contributed by atoms with E-state index in [0.29, 0.717) is 0 Å². The largest absolute Gasteiger partial charge is 0.252 e. The molecular weight excluding hydrogens is 446 g/mol. The third-order valence-corrected chi connectivity index (χ3v) is 8.21. The van der Waals surface area contributed by atoms with Crippen LogP contribution in [0.4, 0.5) is 5.69 Å². The zero-order chi connectivity index (χ0) is 24.7. The van der Waals surface area contributed by atoms with Gasteiger partial charge in [0, 0.05) is 23.0 Å². The van der Waals surface area contributed by atoms with E-state index in [1.807, 2.05) is 6.07 Å². The van der Waals surface area contributed by atoms with Crippen LogP contribution in [0.5, 0.6) is 0 Å². The Labute approximate surface area is 218 Å². The first kappa shape index (κ1) is 22.0. The molecule has 1 heteroatoms. The minimum absolute atomic E-state index is 0.0215. The van der Waals surface area contributed by atoms with Crippen LogP contribution < -0.4 is 0 Å². The summed E-state index contributed by atoms with van der Waals surface area (Å²) in [6.45, 7) is 0. The smallest absolute Gasteiger partial charge is 0.0712 e. The second-order valence-electron chi connectivity index (χ2n) is 10.2. The van der Waals surface area contributed by atoms with Gasteiger partial charge in [0.15, 0.2) is 0 Å². The van der Waals surface area contributed by atoms with Crippen molar-refractivity contribution in [1.82, 2.24) is 0 Å². The number of rotatable bonds is 1. The molecule has 4 aromatic carbocycles. The highest BCUT2D eigenvalue weighted by Crippen LogP contribution is 2.51. The summed E-state index contributed by atoms with van der Waals surface area (Å²) in [6.07, 6.45) is 18.1. The van der Waals surface area contributed by atoms with Gasteiger partial charge in [-0.25, -0.2) is 0 Å². The molecule has 1 aliphatic heterocycles. The van der Waals surface area contributed by atoms with Gasteiger partial charge in [-0.15, -0.1) is 0 Å². The summed E-state index contributed by atoms with van der Waals surface area (Å²) in [7, 11) is 0. The van der Waals surface area contributed by atoms with Crippen LogP contribution in [-0.2, 0) is 5.41 Å². The van der Waals surface area contributed by atoms with Gasteiger partial charge in [0.05, 0.1) is 11.4 Å². The number of benzene rings is 4. The zero-order valence-electron chi connectivity index (χ0n) is 20.9. The van der Waals surface area contributed by atoms with E-state index in [0.717, 1.165) is 12.1 Å². The fourth-order valence-electron chi connectivity index (χ4n) is 6.50. The molecule has 0 bridgehead atoms. The highest BCUT2D eigenvalue weighted by molar-refractivity contribution is 6.30. The van der Waals surface area contributed by atoms with Crippen molar-refractivity contribution >= 4 is 33.8 Å². The average Bonchev–Trinajstić information content (AvgIpc) is 3.36. The van der Waals surface area contributed by atoms with Crippen molar-refractivity contribution in [2.75, 3.05) is 0 Å². The summed E-state index contributed by atoms with van der Waals surface area (Å²) in [5.41, 5.74) is 10.7. The summed E-state index contributed by atoms with van der Waals surface area (Å²) in [4.78, 5) is 4.57. The molecule has 1 atom stereocenters. The lowest BCUT2D eigenvalue weighted by Gasteiger charge is -2.42. The molecule has 4 aliphatic rings. The molecule has 4 aromatic rings. The first-order chi connectivity index (χ1) is 18.3. The molecule has 0 amide bonds. The van der Waals surface area contributed by atoms with Crippen molar-refractivity contribution in [3.8, 4) is 0 Å². The van der Waals surface area contributed by atoms with Crippen molar-refractivity contribution < 1.29 is 0 Å². The van der Waals surface area contributed by atoms with E-state index in [9.17, 15) is 0 Å². The SMILES string of the molecule is C1=CCC2=Nc3ccccc3C2=C1.C1=Cc2c(ccc3ccccc23)C2(c3ccccc3)CCCC=C12. The van der Waals surface area contributed by atoms with Gasteiger partial charge in [0.25, 0.3) is 0 Å². The van der Waals surface area contributed by atoms with Crippen LogP contribution >= 0.6 is 0 Å². The second kappa shape index (κ2) is 9.01. The number of allylic oxidation sites excluding steroid dienone is 7. The van der Waals surface area contributed by atoms with Gasteiger partial charge in [0.2, 0.25) is 0 Å². The summed E-state index contributed by atoms with van der Waals surface area (Å²) < 4.78 is 0. The van der Waals surface area contributed by atoms with Crippen LogP contribution in [0, 0.1) is 0 Å². The van der Waals surface area contributed by atoms with E-state index in [1.165, 1.54) is 69.1 Å². The van der Waals surface area contributed by atoms with Crippen LogP contribution in [-0.4, -0.2) is 5.71 Å². The summed E-state index contributed by atoms with van der Waals surface area (Å²) in [5.74, 6) is 0. The molecule has 3 aliphatic carbocycles. The molecule has 0 spiro atoms. The number of hydrogen-bond donors (Lipinski definition) is 0. The lowest BCUT2D eigenvalue weighted by atomic mass is 9.60. The van der Waals surface area contributed by atoms with E-state index >= 15 is 0 Å². The highest BCUT2D eigenvalue weighted by atomic mass is 14.8. The number of hydrogen-bond acceptors (Lipinski definition) is 1. The lowest BCUT2D eigenvalue weighted by molar-refractivity contribution is 0.507. The lowest BCUT2D eigenvalue weighted by Crippen LogP contribution is -2.34. The predicted molar refractivity (Wildman–Crippen MR) is 157 cm³/mol. The quantitative estimate of drug-likeness (QED) is 0.260. The number of para-hydroxylation sites is 1. The Kier molecular flexibility index (Phi) is 5.36. The van der Waals surface area contributed by atoms with Gasteiger partial charge >= 0.3 is 0 Å². The van der Waals surface area contributed by atoms with E-state index in [4.69, 9.17) is 0 Å². The Bertz CT molecular complexity index is 1660. The molecular formula is C36H29N. The summed E-state index contributed by atoms with van der Waals surface area (Å²) in [6, 6.07) is 32.8. The molecule has 1 heterocycles. The highest BCUT2D eigenvalue weighted by Gasteiger charge is 2.41. The minimum Gasteiger partial charge on any atom is -0.252 e. The Balaban J connectivity index is 0.000000149. The van der Waals surface area contributed by atoms with Crippen LogP contribution in [0.3, 0.4) is 0 Å². The predicted octanol–water partition coefficient (Wildman–Crippen LogP) is 9.38. The monoisotopic (exact) mass is 475 g/mol. The molecule has 37 heavy (non-hydrogen) atoms. The van der Waals surface area contributed by atoms with Crippen LogP contribution in [0.2, 0.25) is 0 Å². The topological polar surface area (TPSA) is 12.4 Å². The maximum Gasteiger partial charge on any atom is 0.0712 e. The maximum absolute atomic E-state index is 4.57. The molecule has 0 N–H and O–H groups in total. The third kappa shape index (κ3) is 3.57. The van der Waals surface area contributed by atoms with Crippen LogP contribution in [0.1, 0.15) is 47.9 Å². The van der Waals surface area contributed by atoms with Crippen molar-refractivity contribution in [3.63, 3.8) is 0 Å². The average molecular weight is 476 g/mol. The molecule has 1 unspecified atom stereocenters.